The average Bonchev–Trinajstić information content (AvgIpc) is 3.28. The standard InChI is InChI=1S/C28H33Cl2N5O3/c1-17(24-11-19(15-34(24)2)9-18-5-7-22(29)23(30)10-18)35(16-27(31)36)28-32-13-21(14-33-28)20-6-8-25(37-3)26(12-20)38-4/h5-8,10,12-14,17,19,24H,9,11,15-16H2,1-4H3,(H2,31,36). The van der Waals surface area contributed by atoms with Gasteiger partial charge in [-0.3, -0.25) is 4.79 Å². The lowest BCUT2D eigenvalue weighted by molar-refractivity contribution is -0.116. The lowest BCUT2D eigenvalue weighted by Gasteiger charge is -2.35. The van der Waals surface area contributed by atoms with E-state index in [4.69, 9.17) is 38.4 Å². The molecule has 8 nitrogen and oxygen atoms in total. The van der Waals surface area contributed by atoms with Crippen molar-refractivity contribution in [1.29, 1.82) is 0 Å². The number of anilines is 1. The maximum atomic E-state index is 12.0. The molecule has 10 heteroatoms. The van der Waals surface area contributed by atoms with Crippen molar-refractivity contribution in [3.63, 3.8) is 0 Å². The summed E-state index contributed by atoms with van der Waals surface area (Å²) < 4.78 is 10.7. The minimum absolute atomic E-state index is 0.0265. The van der Waals surface area contributed by atoms with E-state index in [1.54, 1.807) is 26.6 Å². The number of primary amides is 1. The molecule has 1 saturated heterocycles. The fraction of sp³-hybridized carbons (Fsp3) is 0.393. The molecule has 0 saturated carbocycles. The van der Waals surface area contributed by atoms with Crippen LogP contribution in [0.25, 0.3) is 11.1 Å². The van der Waals surface area contributed by atoms with Gasteiger partial charge < -0.3 is 25.0 Å². The summed E-state index contributed by atoms with van der Waals surface area (Å²) in [5.41, 5.74) is 8.51. The molecule has 1 fully saturated rings. The molecule has 1 amide bonds. The van der Waals surface area contributed by atoms with Crippen LogP contribution in [0.5, 0.6) is 11.5 Å². The van der Waals surface area contributed by atoms with Crippen LogP contribution in [0.15, 0.2) is 48.8 Å². The Labute approximate surface area is 233 Å². The van der Waals surface area contributed by atoms with Crippen LogP contribution in [0.4, 0.5) is 5.95 Å². The van der Waals surface area contributed by atoms with Gasteiger partial charge in [-0.15, -0.1) is 0 Å². The molecule has 2 heterocycles. The van der Waals surface area contributed by atoms with Gasteiger partial charge in [0.25, 0.3) is 0 Å². The number of nitrogens with two attached hydrogens (primary N) is 1. The zero-order valence-corrected chi connectivity index (χ0v) is 23.5. The van der Waals surface area contributed by atoms with Crippen LogP contribution < -0.4 is 20.1 Å². The highest BCUT2D eigenvalue weighted by atomic mass is 35.5. The second kappa shape index (κ2) is 12.2. The van der Waals surface area contributed by atoms with Crippen LogP contribution in [0.3, 0.4) is 0 Å². The van der Waals surface area contributed by atoms with Gasteiger partial charge in [0.1, 0.15) is 0 Å². The van der Waals surface area contributed by atoms with E-state index >= 15 is 0 Å². The van der Waals surface area contributed by atoms with E-state index in [1.165, 1.54) is 0 Å². The Morgan fingerprint density at radius 2 is 1.79 bits per heavy atom. The lowest BCUT2D eigenvalue weighted by atomic mass is 9.94. The maximum Gasteiger partial charge on any atom is 0.237 e. The Bertz CT molecular complexity index is 1270. The number of carbonyl (C=O) groups excluding carboxylic acids is 1. The van der Waals surface area contributed by atoms with Crippen LogP contribution in [-0.4, -0.2) is 67.2 Å². The first-order valence-electron chi connectivity index (χ1n) is 12.4. The summed E-state index contributed by atoms with van der Waals surface area (Å²) in [6, 6.07) is 11.6. The minimum Gasteiger partial charge on any atom is -0.493 e. The molecule has 0 spiro atoms. The molecule has 1 aromatic heterocycles. The summed E-state index contributed by atoms with van der Waals surface area (Å²) in [7, 11) is 5.31. The molecule has 3 unspecified atom stereocenters. The molecule has 0 aliphatic carbocycles. The van der Waals surface area contributed by atoms with Crippen LogP contribution in [-0.2, 0) is 11.2 Å². The van der Waals surface area contributed by atoms with E-state index < -0.39 is 5.91 Å². The third kappa shape index (κ3) is 6.31. The number of hydrogen-bond donors (Lipinski definition) is 1. The summed E-state index contributed by atoms with van der Waals surface area (Å²) in [6.07, 6.45) is 5.35. The van der Waals surface area contributed by atoms with Crippen molar-refractivity contribution >= 4 is 35.1 Å². The fourth-order valence-electron chi connectivity index (χ4n) is 5.26. The highest BCUT2D eigenvalue weighted by Gasteiger charge is 2.36. The molecule has 1 aliphatic heterocycles. The largest absolute Gasteiger partial charge is 0.493 e. The Hall–Kier alpha value is -3.07. The van der Waals surface area contributed by atoms with Crippen LogP contribution in [0.2, 0.25) is 10.0 Å². The lowest BCUT2D eigenvalue weighted by Crippen LogP contribution is -2.50. The first-order valence-corrected chi connectivity index (χ1v) is 13.2. The first-order chi connectivity index (χ1) is 18.2. The number of benzene rings is 2. The zero-order valence-electron chi connectivity index (χ0n) is 22.0. The number of aromatic nitrogens is 2. The van der Waals surface area contributed by atoms with E-state index in [0.717, 1.165) is 36.1 Å². The van der Waals surface area contributed by atoms with E-state index in [2.05, 4.69) is 28.8 Å². The van der Waals surface area contributed by atoms with Gasteiger partial charge in [0.2, 0.25) is 11.9 Å². The summed E-state index contributed by atoms with van der Waals surface area (Å²) in [5, 5.41) is 1.13. The van der Waals surface area contributed by atoms with Crippen LogP contribution in [0, 0.1) is 5.92 Å². The number of likely N-dealkylation sites (tertiary alicyclic amines) is 1. The van der Waals surface area contributed by atoms with Crippen molar-refractivity contribution in [3.8, 4) is 22.6 Å². The summed E-state index contributed by atoms with van der Waals surface area (Å²) >= 11 is 12.3. The van der Waals surface area contributed by atoms with E-state index in [-0.39, 0.29) is 18.6 Å². The quantitative estimate of drug-likeness (QED) is 0.385. The number of methoxy groups -OCH3 is 2. The van der Waals surface area contributed by atoms with Crippen molar-refractivity contribution < 1.29 is 14.3 Å². The molecule has 202 valence electrons. The molecule has 4 rings (SSSR count). The Morgan fingerprint density at radius 3 is 2.42 bits per heavy atom. The summed E-state index contributed by atoms with van der Waals surface area (Å²) in [5.74, 6) is 1.74. The van der Waals surface area contributed by atoms with E-state index in [9.17, 15) is 4.79 Å². The van der Waals surface area contributed by atoms with Gasteiger partial charge in [0.15, 0.2) is 11.5 Å². The second-order valence-electron chi connectivity index (χ2n) is 9.74. The molecular formula is C28H33Cl2N5O3. The highest BCUT2D eigenvalue weighted by molar-refractivity contribution is 6.42. The second-order valence-corrected chi connectivity index (χ2v) is 10.6. The fourth-order valence-corrected chi connectivity index (χ4v) is 5.58. The molecule has 3 atom stereocenters. The third-order valence-electron chi connectivity index (χ3n) is 7.18. The van der Waals surface area contributed by atoms with Crippen LogP contribution in [0.1, 0.15) is 18.9 Å². The van der Waals surface area contributed by atoms with Crippen molar-refractivity contribution in [2.75, 3.05) is 39.3 Å². The molecule has 3 aromatic rings. The molecule has 0 radical (unpaired) electrons. The maximum absolute atomic E-state index is 12.0. The summed E-state index contributed by atoms with van der Waals surface area (Å²) in [6.45, 7) is 3.05. The van der Waals surface area contributed by atoms with Gasteiger partial charge in [-0.05, 0) is 68.1 Å². The molecule has 38 heavy (non-hydrogen) atoms. The first kappa shape index (κ1) is 28.0. The van der Waals surface area contributed by atoms with E-state index in [0.29, 0.717) is 33.4 Å². The Morgan fingerprint density at radius 1 is 1.08 bits per heavy atom. The van der Waals surface area contributed by atoms with Crippen molar-refractivity contribution in [2.45, 2.75) is 31.8 Å². The summed E-state index contributed by atoms with van der Waals surface area (Å²) in [4.78, 5) is 25.5. The van der Waals surface area contributed by atoms with Crippen molar-refractivity contribution in [2.24, 2.45) is 11.7 Å². The molecule has 0 bridgehead atoms. The molecular weight excluding hydrogens is 525 g/mol. The third-order valence-corrected chi connectivity index (χ3v) is 7.92. The molecule has 2 aromatic carbocycles. The van der Waals surface area contributed by atoms with Gasteiger partial charge in [-0.2, -0.15) is 0 Å². The number of likely N-dealkylation sites (N-methyl/N-ethyl adjacent to an activating group) is 1. The number of halogens is 2. The normalized spacial score (nSPS) is 18.3. The molecule has 1 aliphatic rings. The van der Waals surface area contributed by atoms with Crippen molar-refractivity contribution in [3.05, 3.63) is 64.4 Å². The van der Waals surface area contributed by atoms with Gasteiger partial charge in [-0.1, -0.05) is 35.3 Å². The number of ether oxygens (including phenoxy) is 2. The number of amides is 1. The van der Waals surface area contributed by atoms with Gasteiger partial charge in [-0.25, -0.2) is 9.97 Å². The van der Waals surface area contributed by atoms with Gasteiger partial charge in [0.05, 0.1) is 30.8 Å². The van der Waals surface area contributed by atoms with Gasteiger partial charge >= 0.3 is 0 Å². The number of nitrogens with zero attached hydrogens (tertiary/aromatic N) is 4. The SMILES string of the molecule is COc1ccc(-c2cnc(N(CC(N)=O)C(C)C3CC(Cc4ccc(Cl)c(Cl)c4)CN3C)nc2)cc1OC. The minimum atomic E-state index is -0.433. The topological polar surface area (TPSA) is 93.8 Å². The number of carbonyl (C=O) groups is 1. The average molecular weight is 559 g/mol. The predicted molar refractivity (Wildman–Crippen MR) is 151 cm³/mol. The highest BCUT2D eigenvalue weighted by Crippen LogP contribution is 2.34. The molecule has 2 N–H and O–H groups in total. The van der Waals surface area contributed by atoms with Gasteiger partial charge in [0, 0.05) is 36.6 Å². The number of hydrogen-bond acceptors (Lipinski definition) is 7. The Kier molecular flexibility index (Phi) is 8.97. The Balaban J connectivity index is 1.51. The zero-order chi connectivity index (χ0) is 27.4. The predicted octanol–water partition coefficient (Wildman–Crippen LogP) is 4.71. The van der Waals surface area contributed by atoms with Crippen LogP contribution >= 0.6 is 23.2 Å². The van der Waals surface area contributed by atoms with E-state index in [1.807, 2.05) is 41.3 Å². The monoisotopic (exact) mass is 557 g/mol. The smallest absolute Gasteiger partial charge is 0.237 e. The number of rotatable bonds is 10. The van der Waals surface area contributed by atoms with Crippen molar-refractivity contribution in [1.82, 2.24) is 14.9 Å².